The minimum absolute atomic E-state index is 0.0720. The number of ketones is 1. The van der Waals surface area contributed by atoms with Gasteiger partial charge in [0.1, 0.15) is 54.2 Å². The van der Waals surface area contributed by atoms with Gasteiger partial charge in [-0.15, -0.1) is 0 Å². The topological polar surface area (TPSA) is 288 Å². The van der Waals surface area contributed by atoms with Crippen molar-refractivity contribution in [1.29, 1.82) is 0 Å². The van der Waals surface area contributed by atoms with Gasteiger partial charge in [0.05, 0.1) is 31.6 Å². The molecular formula is C57H89N7O15. The molecule has 1 aromatic rings. The van der Waals surface area contributed by atoms with E-state index in [1.807, 2.05) is 27.7 Å². The highest BCUT2D eigenvalue weighted by Crippen LogP contribution is 2.27. The molecule has 79 heavy (non-hydrogen) atoms. The Morgan fingerprint density at radius 3 is 2.06 bits per heavy atom. The SMILES string of the molecule is CCC(C)C1NC(=O)C(NC(=O)[C@@H](CC(C)C)N(C)C(=O)[C@@H]2CCCN2C(=O)C(C)O)[C@@H](C)OC(=O)[C@H](Cc2ccc(OC)cc2)N(C)C(=O)C2CCCN2C(=O)[C@H](CC(C)C)NC(=O)C(C)C(=O)[C@H](C(C)C)OC(=O)C[C@@H]1O. The first kappa shape index (κ1) is 65.4. The van der Waals surface area contributed by atoms with Crippen molar-refractivity contribution in [1.82, 2.24) is 35.6 Å². The number of amides is 7. The molecule has 1 aromatic carbocycles. The number of aliphatic hydroxyl groups excluding tert-OH is 2. The van der Waals surface area contributed by atoms with E-state index in [4.69, 9.17) is 14.2 Å². The number of rotatable bonds is 15. The molecule has 3 aliphatic heterocycles. The second-order valence-electron chi connectivity index (χ2n) is 23.0. The highest BCUT2D eigenvalue weighted by Gasteiger charge is 2.46. The molecule has 22 nitrogen and oxygen atoms in total. The Bertz CT molecular complexity index is 2330. The number of carbonyl (C=O) groups excluding carboxylic acids is 10. The number of nitrogens with zero attached hydrogens (tertiary/aromatic N) is 4. The average molecular weight is 1110 g/mol. The molecule has 5 N–H and O–H groups in total. The number of carbonyl (C=O) groups is 10. The Morgan fingerprint density at radius 2 is 1.49 bits per heavy atom. The van der Waals surface area contributed by atoms with Gasteiger partial charge in [0.25, 0.3) is 5.91 Å². The number of cyclic esters (lactones) is 2. The van der Waals surface area contributed by atoms with Crippen molar-refractivity contribution in [3.63, 3.8) is 0 Å². The molecule has 7 amide bonds. The van der Waals surface area contributed by atoms with Gasteiger partial charge in [-0.05, 0) is 101 Å². The van der Waals surface area contributed by atoms with Gasteiger partial charge in [0.2, 0.25) is 35.4 Å². The van der Waals surface area contributed by atoms with E-state index < -0.39 is 150 Å². The Kier molecular flexibility index (Phi) is 24.3. The molecule has 0 saturated carbocycles. The molecule has 0 radical (unpaired) electrons. The van der Waals surface area contributed by atoms with Gasteiger partial charge in [0, 0.05) is 33.6 Å². The third-order valence-corrected chi connectivity index (χ3v) is 15.5. The quantitative estimate of drug-likeness (QED) is 0.124. The minimum atomic E-state index is -1.76. The zero-order chi connectivity index (χ0) is 59.3. The molecule has 13 atom stereocenters. The molecule has 3 aliphatic rings. The zero-order valence-corrected chi connectivity index (χ0v) is 48.8. The maximum Gasteiger partial charge on any atom is 0.329 e. The van der Waals surface area contributed by atoms with Crippen LogP contribution in [0.25, 0.3) is 0 Å². The van der Waals surface area contributed by atoms with Crippen molar-refractivity contribution in [3.8, 4) is 5.75 Å². The van der Waals surface area contributed by atoms with Crippen LogP contribution in [0.5, 0.6) is 5.75 Å². The highest BCUT2D eigenvalue weighted by molar-refractivity contribution is 6.05. The molecule has 0 bridgehead atoms. The van der Waals surface area contributed by atoms with E-state index in [2.05, 4.69) is 16.0 Å². The van der Waals surface area contributed by atoms with Crippen LogP contribution in [0.2, 0.25) is 0 Å². The number of methoxy groups -OCH3 is 1. The standard InChI is InChI=1S/C57H89N7O15/c1-15-33(8)46-44(66)29-45(67)79-49(32(6)7)48(68)34(9)50(69)58-39(26-30(2)3)54(73)64-25-17-19-41(64)56(75)62(13)43(28-37-20-22-38(77-14)23-21-37)57(76)78-36(11)47(52(71)59-46)60-51(70)42(27-31(4)5)61(12)55(74)40-18-16-24-63(40)53(72)35(10)65/h20-23,30-36,39-44,46-47,49,65-66H,15-19,24-29H2,1-14H3,(H,58,69)(H,59,71)(H,60,70)/t33?,34?,35?,36-,39+,40+,41?,42-,43+,44+,46?,47?,49+/m1/s1. The molecule has 0 aliphatic carbocycles. The summed E-state index contributed by atoms with van der Waals surface area (Å²) in [5, 5.41) is 30.2. The molecule has 3 saturated heterocycles. The van der Waals surface area contributed by atoms with E-state index in [1.54, 1.807) is 52.0 Å². The number of Topliss-reactive ketones (excluding diaryl/α,β-unsaturated/α-hetero) is 1. The third-order valence-electron chi connectivity index (χ3n) is 15.5. The van der Waals surface area contributed by atoms with Crippen molar-refractivity contribution in [2.24, 2.45) is 29.6 Å². The first-order valence-electron chi connectivity index (χ1n) is 28.0. The first-order chi connectivity index (χ1) is 37.0. The number of hydrogen-bond acceptors (Lipinski definition) is 15. The van der Waals surface area contributed by atoms with Crippen molar-refractivity contribution in [2.45, 2.75) is 201 Å². The molecular weight excluding hydrogens is 1020 g/mol. The molecule has 4 rings (SSSR count). The predicted molar refractivity (Wildman–Crippen MR) is 290 cm³/mol. The number of fused-ring (bicyclic) bond motifs is 1. The largest absolute Gasteiger partial charge is 0.497 e. The van der Waals surface area contributed by atoms with E-state index in [0.29, 0.717) is 30.6 Å². The lowest BCUT2D eigenvalue weighted by Gasteiger charge is -2.36. The molecule has 22 heteroatoms. The van der Waals surface area contributed by atoms with Crippen molar-refractivity contribution >= 4 is 59.1 Å². The van der Waals surface area contributed by atoms with Crippen LogP contribution in [-0.4, -0.2) is 190 Å². The number of hydrogen-bond donors (Lipinski definition) is 5. The van der Waals surface area contributed by atoms with Crippen LogP contribution in [-0.2, 0) is 63.8 Å². The van der Waals surface area contributed by atoms with E-state index in [9.17, 15) is 53.4 Å². The van der Waals surface area contributed by atoms with E-state index in [1.165, 1.54) is 61.6 Å². The lowest BCUT2D eigenvalue weighted by atomic mass is 9.91. The fourth-order valence-electron chi connectivity index (χ4n) is 10.5. The molecule has 3 heterocycles. The van der Waals surface area contributed by atoms with Crippen LogP contribution in [0.3, 0.4) is 0 Å². The number of ether oxygens (including phenoxy) is 3. The normalized spacial score (nSPS) is 27.7. The predicted octanol–water partition coefficient (Wildman–Crippen LogP) is 2.32. The molecule has 3 fully saturated rings. The van der Waals surface area contributed by atoms with Crippen molar-refractivity contribution < 1.29 is 72.4 Å². The van der Waals surface area contributed by atoms with Gasteiger partial charge in [-0.2, -0.15) is 0 Å². The second-order valence-corrected chi connectivity index (χ2v) is 23.0. The summed E-state index contributed by atoms with van der Waals surface area (Å²) >= 11 is 0. The smallest absolute Gasteiger partial charge is 0.329 e. The first-order valence-corrected chi connectivity index (χ1v) is 28.0. The fraction of sp³-hybridized carbons (Fsp3) is 0.719. The number of esters is 2. The van der Waals surface area contributed by atoms with Crippen molar-refractivity contribution in [3.05, 3.63) is 29.8 Å². The van der Waals surface area contributed by atoms with Gasteiger partial charge in [-0.25, -0.2) is 4.79 Å². The van der Waals surface area contributed by atoms with E-state index in [0.717, 1.165) is 0 Å². The van der Waals surface area contributed by atoms with Crippen LogP contribution >= 0.6 is 0 Å². The summed E-state index contributed by atoms with van der Waals surface area (Å²) in [6, 6.07) is -2.19. The lowest BCUT2D eigenvalue weighted by Crippen LogP contribution is -2.62. The fourth-order valence-corrected chi connectivity index (χ4v) is 10.5. The van der Waals surface area contributed by atoms with Gasteiger partial charge < -0.3 is 60.0 Å². The Balaban J connectivity index is 1.89. The molecule has 442 valence electrons. The Hall–Kier alpha value is -6.16. The summed E-state index contributed by atoms with van der Waals surface area (Å²) in [6.45, 7) is 18.4. The molecule has 0 aromatic heterocycles. The number of likely N-dealkylation sites (tertiary alicyclic amines) is 1. The number of benzene rings is 1. The molecule has 6 unspecified atom stereocenters. The number of aliphatic hydroxyl groups is 2. The minimum Gasteiger partial charge on any atom is -0.497 e. The average Bonchev–Trinajstić information content (AvgIpc) is 4.13. The van der Waals surface area contributed by atoms with E-state index >= 15 is 4.79 Å². The van der Waals surface area contributed by atoms with Crippen LogP contribution < -0.4 is 20.7 Å². The van der Waals surface area contributed by atoms with Crippen LogP contribution in [0.1, 0.15) is 133 Å². The lowest BCUT2D eigenvalue weighted by molar-refractivity contribution is -0.163. The molecule has 0 spiro atoms. The summed E-state index contributed by atoms with van der Waals surface area (Å²) in [4.78, 5) is 149. The number of nitrogens with one attached hydrogen (secondary N) is 3. The van der Waals surface area contributed by atoms with Crippen LogP contribution in [0, 0.1) is 29.6 Å². The van der Waals surface area contributed by atoms with Gasteiger partial charge in [-0.1, -0.05) is 73.9 Å². The van der Waals surface area contributed by atoms with E-state index in [-0.39, 0.29) is 57.0 Å². The summed E-state index contributed by atoms with van der Waals surface area (Å²) < 4.78 is 17.2. The monoisotopic (exact) mass is 1110 g/mol. The summed E-state index contributed by atoms with van der Waals surface area (Å²) in [5.41, 5.74) is 0.571. The summed E-state index contributed by atoms with van der Waals surface area (Å²) in [5.74, 6) is -10.3. The van der Waals surface area contributed by atoms with Crippen LogP contribution in [0.4, 0.5) is 0 Å². The zero-order valence-electron chi connectivity index (χ0n) is 48.8. The van der Waals surface area contributed by atoms with Gasteiger partial charge >= 0.3 is 11.9 Å². The second kappa shape index (κ2) is 29.3. The van der Waals surface area contributed by atoms with Gasteiger partial charge in [-0.3, -0.25) is 43.2 Å². The van der Waals surface area contributed by atoms with Crippen molar-refractivity contribution in [2.75, 3.05) is 34.3 Å². The van der Waals surface area contributed by atoms with Crippen LogP contribution in [0.15, 0.2) is 24.3 Å². The highest BCUT2D eigenvalue weighted by atomic mass is 16.6. The third kappa shape index (κ3) is 16.9. The Morgan fingerprint density at radius 1 is 0.861 bits per heavy atom. The maximum absolute atomic E-state index is 15.0. The summed E-state index contributed by atoms with van der Waals surface area (Å²) in [7, 11) is 4.29. The Labute approximate surface area is 465 Å². The maximum atomic E-state index is 15.0. The number of likely N-dealkylation sites (N-methyl/N-ethyl adjacent to an activating group) is 2. The summed E-state index contributed by atoms with van der Waals surface area (Å²) in [6.07, 6.45) is -4.99. The van der Waals surface area contributed by atoms with Gasteiger partial charge in [0.15, 0.2) is 11.9 Å².